The molecular formula is C14H23NO2. The van der Waals surface area contributed by atoms with E-state index in [0.717, 1.165) is 12.2 Å². The summed E-state index contributed by atoms with van der Waals surface area (Å²) in [6.45, 7) is 4.93. The lowest BCUT2D eigenvalue weighted by atomic mass is 9.98. The molecule has 0 saturated heterocycles. The molecule has 0 amide bonds. The fourth-order valence-corrected chi connectivity index (χ4v) is 1.65. The van der Waals surface area contributed by atoms with Crippen LogP contribution in [0.2, 0.25) is 0 Å². The standard InChI is InChI=1S/C14H23NO2/c1-3-11(2)13-6-4-5-7-14(13)17-9-8-12(15)10-16/h4-7,11-12,16H,3,8-10,15H2,1-2H3. The Morgan fingerprint density at radius 3 is 2.71 bits per heavy atom. The second-order valence-corrected chi connectivity index (χ2v) is 4.43. The van der Waals surface area contributed by atoms with Crippen LogP contribution >= 0.6 is 0 Å². The summed E-state index contributed by atoms with van der Waals surface area (Å²) in [6.07, 6.45) is 1.77. The van der Waals surface area contributed by atoms with Gasteiger partial charge < -0.3 is 15.6 Å². The molecular weight excluding hydrogens is 214 g/mol. The average molecular weight is 237 g/mol. The van der Waals surface area contributed by atoms with Crippen molar-refractivity contribution in [3.8, 4) is 5.75 Å². The van der Waals surface area contributed by atoms with E-state index in [0.29, 0.717) is 18.9 Å². The van der Waals surface area contributed by atoms with Crippen LogP contribution in [0.3, 0.4) is 0 Å². The van der Waals surface area contributed by atoms with Crippen LogP contribution in [-0.4, -0.2) is 24.4 Å². The predicted octanol–water partition coefficient (Wildman–Crippen LogP) is 2.29. The van der Waals surface area contributed by atoms with E-state index in [1.165, 1.54) is 5.56 Å². The molecule has 3 nitrogen and oxygen atoms in total. The molecule has 0 radical (unpaired) electrons. The monoisotopic (exact) mass is 237 g/mol. The highest BCUT2D eigenvalue weighted by molar-refractivity contribution is 5.35. The van der Waals surface area contributed by atoms with Crippen LogP contribution < -0.4 is 10.5 Å². The van der Waals surface area contributed by atoms with Crippen molar-refractivity contribution in [2.75, 3.05) is 13.2 Å². The van der Waals surface area contributed by atoms with E-state index in [4.69, 9.17) is 15.6 Å². The SMILES string of the molecule is CCC(C)c1ccccc1OCCC(N)CO. The van der Waals surface area contributed by atoms with Gasteiger partial charge in [0.2, 0.25) is 0 Å². The number of nitrogens with two attached hydrogens (primary N) is 1. The van der Waals surface area contributed by atoms with Gasteiger partial charge in [-0.2, -0.15) is 0 Å². The first-order valence-electron chi connectivity index (χ1n) is 6.27. The highest BCUT2D eigenvalue weighted by Crippen LogP contribution is 2.28. The Kier molecular flexibility index (Phi) is 6.01. The van der Waals surface area contributed by atoms with Crippen molar-refractivity contribution < 1.29 is 9.84 Å². The van der Waals surface area contributed by atoms with Gasteiger partial charge >= 0.3 is 0 Å². The summed E-state index contributed by atoms with van der Waals surface area (Å²) >= 11 is 0. The maximum atomic E-state index is 8.83. The topological polar surface area (TPSA) is 55.5 Å². The van der Waals surface area contributed by atoms with E-state index < -0.39 is 0 Å². The van der Waals surface area contributed by atoms with E-state index in [1.807, 2.05) is 18.2 Å². The molecule has 1 aromatic rings. The molecule has 1 aromatic carbocycles. The molecule has 0 aromatic heterocycles. The summed E-state index contributed by atoms with van der Waals surface area (Å²) in [4.78, 5) is 0. The van der Waals surface area contributed by atoms with Gasteiger partial charge in [0.05, 0.1) is 13.2 Å². The van der Waals surface area contributed by atoms with E-state index in [-0.39, 0.29) is 12.6 Å². The van der Waals surface area contributed by atoms with Gasteiger partial charge in [-0.15, -0.1) is 0 Å². The summed E-state index contributed by atoms with van der Waals surface area (Å²) in [7, 11) is 0. The summed E-state index contributed by atoms with van der Waals surface area (Å²) in [5, 5.41) is 8.83. The number of hydrogen-bond acceptors (Lipinski definition) is 3. The maximum absolute atomic E-state index is 8.83. The quantitative estimate of drug-likeness (QED) is 0.765. The van der Waals surface area contributed by atoms with Gasteiger partial charge in [-0.05, 0) is 30.4 Å². The molecule has 0 saturated carbocycles. The van der Waals surface area contributed by atoms with Gasteiger partial charge in [-0.3, -0.25) is 0 Å². The molecule has 3 heteroatoms. The minimum atomic E-state index is -0.189. The van der Waals surface area contributed by atoms with Crippen LogP contribution in [-0.2, 0) is 0 Å². The van der Waals surface area contributed by atoms with Crippen molar-refractivity contribution in [2.24, 2.45) is 5.73 Å². The Labute approximate surface area is 104 Å². The van der Waals surface area contributed by atoms with E-state index in [1.54, 1.807) is 0 Å². The first-order valence-corrected chi connectivity index (χ1v) is 6.27. The fourth-order valence-electron chi connectivity index (χ4n) is 1.65. The number of aliphatic hydroxyl groups excluding tert-OH is 1. The number of hydrogen-bond donors (Lipinski definition) is 2. The first kappa shape index (κ1) is 14.0. The number of rotatable bonds is 7. The lowest BCUT2D eigenvalue weighted by Crippen LogP contribution is -2.26. The molecule has 0 heterocycles. The summed E-state index contributed by atoms with van der Waals surface area (Å²) in [6, 6.07) is 7.92. The van der Waals surface area contributed by atoms with E-state index in [2.05, 4.69) is 19.9 Å². The Hall–Kier alpha value is -1.06. The Balaban J connectivity index is 2.58. The number of aliphatic hydroxyl groups is 1. The molecule has 3 N–H and O–H groups in total. The number of para-hydroxylation sites is 1. The van der Waals surface area contributed by atoms with Crippen molar-refractivity contribution in [2.45, 2.75) is 38.6 Å². The van der Waals surface area contributed by atoms with Crippen LogP contribution in [0.1, 0.15) is 38.2 Å². The lowest BCUT2D eigenvalue weighted by Gasteiger charge is -2.16. The molecule has 2 atom stereocenters. The minimum Gasteiger partial charge on any atom is -0.493 e. The van der Waals surface area contributed by atoms with Crippen molar-refractivity contribution in [3.63, 3.8) is 0 Å². The molecule has 1 rings (SSSR count). The molecule has 0 aliphatic carbocycles. The van der Waals surface area contributed by atoms with Gasteiger partial charge in [0.15, 0.2) is 0 Å². The van der Waals surface area contributed by atoms with Gasteiger partial charge in [-0.1, -0.05) is 32.0 Å². The van der Waals surface area contributed by atoms with Gasteiger partial charge in [-0.25, -0.2) is 0 Å². The Morgan fingerprint density at radius 1 is 1.35 bits per heavy atom. The lowest BCUT2D eigenvalue weighted by molar-refractivity contribution is 0.229. The second kappa shape index (κ2) is 7.30. The third-order valence-electron chi connectivity index (χ3n) is 3.04. The van der Waals surface area contributed by atoms with Crippen LogP contribution in [0.5, 0.6) is 5.75 Å². The second-order valence-electron chi connectivity index (χ2n) is 4.43. The Morgan fingerprint density at radius 2 is 2.06 bits per heavy atom. The third-order valence-corrected chi connectivity index (χ3v) is 3.04. The molecule has 0 aliphatic rings. The summed E-state index contributed by atoms with van der Waals surface area (Å²) in [5.74, 6) is 1.43. The van der Waals surface area contributed by atoms with E-state index >= 15 is 0 Å². The maximum Gasteiger partial charge on any atom is 0.122 e. The average Bonchev–Trinajstić information content (AvgIpc) is 2.38. The zero-order valence-electron chi connectivity index (χ0n) is 10.7. The third kappa shape index (κ3) is 4.36. The minimum absolute atomic E-state index is 0.0103. The van der Waals surface area contributed by atoms with Crippen LogP contribution in [0.4, 0.5) is 0 Å². The van der Waals surface area contributed by atoms with E-state index in [9.17, 15) is 0 Å². The molecule has 0 aliphatic heterocycles. The highest BCUT2D eigenvalue weighted by atomic mass is 16.5. The summed E-state index contributed by atoms with van der Waals surface area (Å²) < 4.78 is 5.74. The highest BCUT2D eigenvalue weighted by Gasteiger charge is 2.09. The van der Waals surface area contributed by atoms with Gasteiger partial charge in [0.25, 0.3) is 0 Å². The van der Waals surface area contributed by atoms with Crippen LogP contribution in [0.15, 0.2) is 24.3 Å². The molecule has 17 heavy (non-hydrogen) atoms. The summed E-state index contributed by atoms with van der Waals surface area (Å²) in [5.41, 5.74) is 6.87. The van der Waals surface area contributed by atoms with Crippen molar-refractivity contribution in [1.82, 2.24) is 0 Å². The van der Waals surface area contributed by atoms with Crippen LogP contribution in [0.25, 0.3) is 0 Å². The number of benzene rings is 1. The van der Waals surface area contributed by atoms with Gasteiger partial charge in [0, 0.05) is 6.04 Å². The Bertz CT molecular complexity index is 328. The van der Waals surface area contributed by atoms with Crippen molar-refractivity contribution in [3.05, 3.63) is 29.8 Å². The zero-order chi connectivity index (χ0) is 12.7. The first-order chi connectivity index (χ1) is 8.19. The number of ether oxygens (including phenoxy) is 1. The smallest absolute Gasteiger partial charge is 0.122 e. The van der Waals surface area contributed by atoms with Gasteiger partial charge in [0.1, 0.15) is 5.75 Å². The van der Waals surface area contributed by atoms with Crippen LogP contribution in [0, 0.1) is 0 Å². The molecule has 0 bridgehead atoms. The molecule has 0 fully saturated rings. The molecule has 96 valence electrons. The van der Waals surface area contributed by atoms with Crippen molar-refractivity contribution >= 4 is 0 Å². The van der Waals surface area contributed by atoms with Crippen molar-refractivity contribution in [1.29, 1.82) is 0 Å². The largest absolute Gasteiger partial charge is 0.493 e. The predicted molar refractivity (Wildman–Crippen MR) is 70.3 cm³/mol. The fraction of sp³-hybridized carbons (Fsp3) is 0.571. The zero-order valence-corrected chi connectivity index (χ0v) is 10.7. The normalized spacial score (nSPS) is 14.4. The molecule has 0 spiro atoms. The molecule has 2 unspecified atom stereocenters.